The maximum atomic E-state index is 13.0. The molecular formula is C21H20N2O4. The van der Waals surface area contributed by atoms with Gasteiger partial charge in [0.25, 0.3) is 5.91 Å². The largest absolute Gasteiger partial charge is 0.454 e. The summed E-state index contributed by atoms with van der Waals surface area (Å²) in [5.41, 5.74) is 2.61. The molecule has 2 atom stereocenters. The number of aliphatic hydroxyl groups excluding tert-OH is 1. The molecule has 2 N–H and O–H groups in total. The summed E-state index contributed by atoms with van der Waals surface area (Å²) in [5, 5.41) is 11.6. The van der Waals surface area contributed by atoms with Crippen LogP contribution in [0.2, 0.25) is 0 Å². The molecule has 0 saturated carbocycles. The number of amides is 1. The van der Waals surface area contributed by atoms with E-state index in [0.717, 1.165) is 28.0 Å². The number of nitrogens with one attached hydrogen (secondary N) is 1. The Kier molecular flexibility index (Phi) is 3.79. The third-order valence-electron chi connectivity index (χ3n) is 5.51. The van der Waals surface area contributed by atoms with E-state index in [-0.39, 0.29) is 18.6 Å². The van der Waals surface area contributed by atoms with Crippen molar-refractivity contribution in [2.75, 3.05) is 19.9 Å². The minimum absolute atomic E-state index is 0.0217. The van der Waals surface area contributed by atoms with Gasteiger partial charge < -0.3 is 24.5 Å². The summed E-state index contributed by atoms with van der Waals surface area (Å²) in [6.07, 6.45) is 1.84. The Morgan fingerprint density at radius 3 is 2.89 bits per heavy atom. The number of aliphatic hydroxyl groups is 1. The molecule has 2 aliphatic rings. The Bertz CT molecular complexity index is 1010. The average Bonchev–Trinajstić information content (AvgIpc) is 3.33. The Labute approximate surface area is 156 Å². The summed E-state index contributed by atoms with van der Waals surface area (Å²) in [6.45, 7) is 1.16. The molecule has 3 aromatic rings. The van der Waals surface area contributed by atoms with Crippen molar-refractivity contribution in [3.8, 4) is 11.5 Å². The number of carbonyl (C=O) groups is 1. The van der Waals surface area contributed by atoms with E-state index in [1.165, 1.54) is 0 Å². The molecule has 1 amide bonds. The number of benzene rings is 2. The zero-order chi connectivity index (χ0) is 18.4. The van der Waals surface area contributed by atoms with E-state index in [0.29, 0.717) is 25.1 Å². The van der Waals surface area contributed by atoms with E-state index < -0.39 is 6.10 Å². The van der Waals surface area contributed by atoms with E-state index in [1.807, 2.05) is 42.5 Å². The summed E-state index contributed by atoms with van der Waals surface area (Å²) in [7, 11) is 0. The molecule has 1 fully saturated rings. The van der Waals surface area contributed by atoms with Crippen molar-refractivity contribution in [2.45, 2.75) is 18.4 Å². The maximum absolute atomic E-state index is 13.0. The number of carbonyl (C=O) groups excluding carboxylic acids is 1. The molecule has 1 aromatic heterocycles. The van der Waals surface area contributed by atoms with Crippen LogP contribution in [-0.4, -0.2) is 46.9 Å². The van der Waals surface area contributed by atoms with E-state index in [1.54, 1.807) is 11.1 Å². The number of hydrogen-bond donors (Lipinski definition) is 2. The molecule has 1 saturated heterocycles. The van der Waals surface area contributed by atoms with Gasteiger partial charge in [-0.3, -0.25) is 4.79 Å². The minimum Gasteiger partial charge on any atom is -0.454 e. The molecule has 0 bridgehead atoms. The molecule has 2 aromatic carbocycles. The summed E-state index contributed by atoms with van der Waals surface area (Å²) in [4.78, 5) is 17.9. The maximum Gasteiger partial charge on any atom is 0.256 e. The highest BCUT2D eigenvalue weighted by Crippen LogP contribution is 2.37. The number of piperidine rings is 1. The van der Waals surface area contributed by atoms with Crippen LogP contribution in [0.4, 0.5) is 0 Å². The summed E-state index contributed by atoms with van der Waals surface area (Å²) in [5.74, 6) is 1.39. The van der Waals surface area contributed by atoms with Gasteiger partial charge in [0.1, 0.15) is 0 Å². The van der Waals surface area contributed by atoms with Gasteiger partial charge in [-0.15, -0.1) is 0 Å². The summed E-state index contributed by atoms with van der Waals surface area (Å²) in [6, 6.07) is 13.5. The number of β-amino-alcohol motifs (C(OH)–C–C–N with tert-alkyl or cyclic N) is 1. The quantitative estimate of drug-likeness (QED) is 0.733. The summed E-state index contributed by atoms with van der Waals surface area (Å²) >= 11 is 0. The number of nitrogens with zero attached hydrogens (tertiary/aromatic N) is 1. The smallest absolute Gasteiger partial charge is 0.256 e. The van der Waals surface area contributed by atoms with Gasteiger partial charge in [-0.25, -0.2) is 0 Å². The lowest BCUT2D eigenvalue weighted by atomic mass is 9.86. The fourth-order valence-corrected chi connectivity index (χ4v) is 4.07. The SMILES string of the molecule is O=C(c1c[nH]c2ccccc12)N1CC[C@@H](c2ccc3c(c2)OCO3)[C@H](O)C1. The first-order chi connectivity index (χ1) is 13.2. The van der Waals surface area contributed by atoms with Crippen LogP contribution in [0.15, 0.2) is 48.7 Å². The van der Waals surface area contributed by atoms with Crippen molar-refractivity contribution >= 4 is 16.8 Å². The topological polar surface area (TPSA) is 74.8 Å². The standard InChI is InChI=1S/C21H20N2O4/c24-18-11-23(21(25)16-10-22-17-4-2-1-3-15(16)17)8-7-14(18)13-5-6-19-20(9-13)27-12-26-19/h1-6,9-10,14,18,22,24H,7-8,11-12H2/t14-,18+/m0/s1. The molecule has 27 heavy (non-hydrogen) atoms. The number of H-pyrrole nitrogens is 1. The highest BCUT2D eigenvalue weighted by molar-refractivity contribution is 6.06. The van der Waals surface area contributed by atoms with Crippen molar-refractivity contribution in [1.82, 2.24) is 9.88 Å². The highest BCUT2D eigenvalue weighted by atomic mass is 16.7. The lowest BCUT2D eigenvalue weighted by Crippen LogP contribution is -2.45. The molecule has 0 radical (unpaired) electrons. The number of hydrogen-bond acceptors (Lipinski definition) is 4. The van der Waals surface area contributed by atoms with E-state index in [2.05, 4.69) is 4.98 Å². The number of para-hydroxylation sites is 1. The molecule has 5 rings (SSSR count). The molecule has 6 nitrogen and oxygen atoms in total. The van der Waals surface area contributed by atoms with Crippen molar-refractivity contribution in [3.05, 3.63) is 59.8 Å². The zero-order valence-corrected chi connectivity index (χ0v) is 14.7. The number of likely N-dealkylation sites (tertiary alicyclic amines) is 1. The van der Waals surface area contributed by atoms with Gasteiger partial charge >= 0.3 is 0 Å². The van der Waals surface area contributed by atoms with Gasteiger partial charge in [0, 0.05) is 36.1 Å². The van der Waals surface area contributed by atoms with Crippen LogP contribution in [0.5, 0.6) is 11.5 Å². The van der Waals surface area contributed by atoms with Crippen LogP contribution in [0.1, 0.15) is 28.3 Å². The van der Waals surface area contributed by atoms with Crippen LogP contribution >= 0.6 is 0 Å². The molecule has 138 valence electrons. The number of rotatable bonds is 2. The number of fused-ring (bicyclic) bond motifs is 2. The third kappa shape index (κ3) is 2.73. The molecule has 0 unspecified atom stereocenters. The van der Waals surface area contributed by atoms with E-state index in [9.17, 15) is 9.90 Å². The Hall–Kier alpha value is -2.99. The fraction of sp³-hybridized carbons (Fsp3) is 0.286. The first-order valence-corrected chi connectivity index (χ1v) is 9.14. The van der Waals surface area contributed by atoms with Crippen molar-refractivity contribution < 1.29 is 19.4 Å². The fourth-order valence-electron chi connectivity index (χ4n) is 4.07. The molecule has 2 aliphatic heterocycles. The highest BCUT2D eigenvalue weighted by Gasteiger charge is 2.33. The molecular weight excluding hydrogens is 344 g/mol. The lowest BCUT2D eigenvalue weighted by molar-refractivity contribution is 0.0383. The first kappa shape index (κ1) is 16.2. The van der Waals surface area contributed by atoms with Crippen molar-refractivity contribution in [1.29, 1.82) is 0 Å². The molecule has 0 spiro atoms. The van der Waals surface area contributed by atoms with Crippen LogP contribution in [-0.2, 0) is 0 Å². The van der Waals surface area contributed by atoms with E-state index in [4.69, 9.17) is 9.47 Å². The van der Waals surface area contributed by atoms with Gasteiger partial charge in [-0.1, -0.05) is 24.3 Å². The van der Waals surface area contributed by atoms with Gasteiger partial charge in [0.2, 0.25) is 6.79 Å². The van der Waals surface area contributed by atoms with Crippen molar-refractivity contribution in [3.63, 3.8) is 0 Å². The van der Waals surface area contributed by atoms with Crippen LogP contribution in [0.25, 0.3) is 10.9 Å². The predicted molar refractivity (Wildman–Crippen MR) is 100 cm³/mol. The molecule has 0 aliphatic carbocycles. The summed E-state index contributed by atoms with van der Waals surface area (Å²) < 4.78 is 10.8. The Balaban J connectivity index is 1.34. The third-order valence-corrected chi connectivity index (χ3v) is 5.51. The van der Waals surface area contributed by atoms with Crippen LogP contribution in [0, 0.1) is 0 Å². The Morgan fingerprint density at radius 2 is 2.00 bits per heavy atom. The molecule has 6 heteroatoms. The number of ether oxygens (including phenoxy) is 2. The second kappa shape index (κ2) is 6.32. The second-order valence-electron chi connectivity index (χ2n) is 7.07. The van der Waals surface area contributed by atoms with Gasteiger partial charge in [0.05, 0.1) is 11.7 Å². The van der Waals surface area contributed by atoms with Crippen LogP contribution in [0.3, 0.4) is 0 Å². The zero-order valence-electron chi connectivity index (χ0n) is 14.7. The Morgan fingerprint density at radius 1 is 1.15 bits per heavy atom. The minimum atomic E-state index is -0.617. The first-order valence-electron chi connectivity index (χ1n) is 9.14. The normalized spacial score (nSPS) is 21.6. The van der Waals surface area contributed by atoms with E-state index >= 15 is 0 Å². The molecule has 3 heterocycles. The van der Waals surface area contributed by atoms with Crippen LogP contribution < -0.4 is 9.47 Å². The lowest BCUT2D eigenvalue weighted by Gasteiger charge is -2.36. The number of aromatic amines is 1. The van der Waals surface area contributed by atoms with Gasteiger partial charge in [-0.2, -0.15) is 0 Å². The average molecular weight is 364 g/mol. The van der Waals surface area contributed by atoms with Crippen molar-refractivity contribution in [2.24, 2.45) is 0 Å². The van der Waals surface area contributed by atoms with Gasteiger partial charge in [-0.05, 0) is 30.2 Å². The van der Waals surface area contributed by atoms with Gasteiger partial charge in [0.15, 0.2) is 11.5 Å². The predicted octanol–water partition coefficient (Wildman–Crippen LogP) is 2.89. The monoisotopic (exact) mass is 364 g/mol. The second-order valence-corrected chi connectivity index (χ2v) is 7.07. The number of aromatic nitrogens is 1.